The van der Waals surface area contributed by atoms with Crippen molar-refractivity contribution >= 4 is 5.97 Å². The monoisotopic (exact) mass is 322 g/mol. The molecule has 0 atom stereocenters. The molecule has 22 heavy (non-hydrogen) atoms. The van der Waals surface area contributed by atoms with E-state index < -0.39 is 40.6 Å². The van der Waals surface area contributed by atoms with E-state index in [-0.39, 0.29) is 25.5 Å². The molecule has 0 N–H and O–H groups in total. The van der Waals surface area contributed by atoms with Crippen LogP contribution in [0.15, 0.2) is 6.07 Å². The van der Waals surface area contributed by atoms with E-state index in [0.29, 0.717) is 6.42 Å². The smallest absolute Gasteiger partial charge is 0.306 e. The van der Waals surface area contributed by atoms with E-state index in [1.54, 1.807) is 20.8 Å². The van der Waals surface area contributed by atoms with Crippen molar-refractivity contribution in [2.75, 3.05) is 6.61 Å². The van der Waals surface area contributed by atoms with Crippen molar-refractivity contribution in [1.82, 2.24) is 0 Å². The third-order valence-corrected chi connectivity index (χ3v) is 2.51. The van der Waals surface area contributed by atoms with E-state index in [1.165, 1.54) is 0 Å². The van der Waals surface area contributed by atoms with Crippen LogP contribution in [0.1, 0.15) is 40.0 Å². The normalized spacial score (nSPS) is 11.4. The van der Waals surface area contributed by atoms with Gasteiger partial charge in [0.25, 0.3) is 0 Å². The highest BCUT2D eigenvalue weighted by Crippen LogP contribution is 2.26. The summed E-state index contributed by atoms with van der Waals surface area (Å²) in [4.78, 5) is 11.4. The Balaban J connectivity index is 2.42. The van der Waals surface area contributed by atoms with Crippen LogP contribution in [0.25, 0.3) is 0 Å². The summed E-state index contributed by atoms with van der Waals surface area (Å²) in [6.45, 7) is 5.02. The largest absolute Gasteiger partial charge is 0.487 e. The summed E-state index contributed by atoms with van der Waals surface area (Å²) in [5.74, 6) is -7.70. The molecule has 0 amide bonds. The molecule has 0 aromatic heterocycles. The quantitative estimate of drug-likeness (QED) is 0.342. The molecule has 0 heterocycles. The number of esters is 1. The number of rotatable bonds is 6. The zero-order valence-corrected chi connectivity index (χ0v) is 12.6. The number of benzene rings is 1. The molecule has 1 rings (SSSR count). The standard InChI is InChI=1S/C15H18F4O3/c1-15(2,3)22-11(20)6-4-5-7-21-14-12(18)9(16)8-10(17)13(14)19/h8H,4-7H2,1-3H3. The van der Waals surface area contributed by atoms with Gasteiger partial charge in [0, 0.05) is 12.5 Å². The lowest BCUT2D eigenvalue weighted by atomic mass is 10.2. The van der Waals surface area contributed by atoms with Crippen LogP contribution >= 0.6 is 0 Å². The summed E-state index contributed by atoms with van der Waals surface area (Å²) in [6, 6.07) is 0.111. The van der Waals surface area contributed by atoms with Gasteiger partial charge in [-0.2, -0.15) is 8.78 Å². The van der Waals surface area contributed by atoms with Crippen molar-refractivity contribution in [2.24, 2.45) is 0 Å². The van der Waals surface area contributed by atoms with Crippen LogP contribution in [0.5, 0.6) is 5.75 Å². The van der Waals surface area contributed by atoms with E-state index in [4.69, 9.17) is 9.47 Å². The molecule has 0 aliphatic heterocycles. The second-order valence-corrected chi connectivity index (χ2v) is 5.69. The molecular formula is C15H18F4O3. The Morgan fingerprint density at radius 1 is 1.05 bits per heavy atom. The number of hydrogen-bond acceptors (Lipinski definition) is 3. The van der Waals surface area contributed by atoms with Crippen molar-refractivity contribution in [3.05, 3.63) is 29.3 Å². The van der Waals surface area contributed by atoms with E-state index >= 15 is 0 Å². The molecule has 0 unspecified atom stereocenters. The van der Waals surface area contributed by atoms with Crippen molar-refractivity contribution < 1.29 is 31.8 Å². The SMILES string of the molecule is CC(C)(C)OC(=O)CCCCOc1c(F)c(F)cc(F)c1F. The zero-order chi connectivity index (χ0) is 16.9. The highest BCUT2D eigenvalue weighted by atomic mass is 19.2. The first-order chi connectivity index (χ1) is 10.1. The molecule has 0 fully saturated rings. The van der Waals surface area contributed by atoms with Crippen LogP contribution < -0.4 is 4.74 Å². The van der Waals surface area contributed by atoms with Gasteiger partial charge >= 0.3 is 5.97 Å². The molecule has 0 saturated heterocycles. The predicted molar refractivity (Wildman–Crippen MR) is 71.5 cm³/mol. The summed E-state index contributed by atoms with van der Waals surface area (Å²) >= 11 is 0. The molecule has 0 aliphatic rings. The lowest BCUT2D eigenvalue weighted by Crippen LogP contribution is -2.23. The summed E-state index contributed by atoms with van der Waals surface area (Å²) in [5, 5.41) is 0. The van der Waals surface area contributed by atoms with Crippen LogP contribution in [0.3, 0.4) is 0 Å². The fourth-order valence-electron chi connectivity index (χ4n) is 1.62. The number of halogens is 4. The molecule has 7 heteroatoms. The number of unbranched alkanes of at least 4 members (excludes halogenated alkanes) is 1. The van der Waals surface area contributed by atoms with E-state index in [2.05, 4.69) is 0 Å². The van der Waals surface area contributed by atoms with Gasteiger partial charge < -0.3 is 9.47 Å². The Morgan fingerprint density at radius 2 is 1.59 bits per heavy atom. The fourth-order valence-corrected chi connectivity index (χ4v) is 1.62. The molecule has 1 aromatic carbocycles. The Hall–Kier alpha value is -1.79. The number of hydrogen-bond donors (Lipinski definition) is 0. The highest BCUT2D eigenvalue weighted by Gasteiger charge is 2.20. The van der Waals surface area contributed by atoms with Gasteiger partial charge in [-0.3, -0.25) is 4.79 Å². The molecule has 0 bridgehead atoms. The predicted octanol–water partition coefficient (Wildman–Crippen LogP) is 4.13. The maximum atomic E-state index is 13.3. The Morgan fingerprint density at radius 3 is 2.09 bits per heavy atom. The number of carbonyl (C=O) groups excluding carboxylic acids is 1. The van der Waals surface area contributed by atoms with Crippen LogP contribution in [0.4, 0.5) is 17.6 Å². The Labute approximate surface area is 126 Å². The van der Waals surface area contributed by atoms with Gasteiger partial charge in [0.1, 0.15) is 5.60 Å². The molecule has 0 saturated carbocycles. The molecule has 0 aliphatic carbocycles. The fraction of sp³-hybridized carbons (Fsp3) is 0.533. The molecule has 3 nitrogen and oxygen atoms in total. The summed E-state index contributed by atoms with van der Waals surface area (Å²) < 4.78 is 62.2. The third kappa shape index (κ3) is 5.54. The number of carbonyl (C=O) groups is 1. The first kappa shape index (κ1) is 18.3. The van der Waals surface area contributed by atoms with E-state index in [0.717, 1.165) is 0 Å². The van der Waals surface area contributed by atoms with Gasteiger partial charge in [0.05, 0.1) is 6.61 Å². The molecule has 1 aromatic rings. The van der Waals surface area contributed by atoms with E-state index in [1.807, 2.05) is 0 Å². The second-order valence-electron chi connectivity index (χ2n) is 5.69. The van der Waals surface area contributed by atoms with Crippen molar-refractivity contribution in [3.8, 4) is 5.75 Å². The molecule has 124 valence electrons. The average molecular weight is 322 g/mol. The first-order valence-corrected chi connectivity index (χ1v) is 6.79. The third-order valence-electron chi connectivity index (χ3n) is 2.51. The topological polar surface area (TPSA) is 35.5 Å². The van der Waals surface area contributed by atoms with Crippen LogP contribution in [-0.4, -0.2) is 18.2 Å². The van der Waals surface area contributed by atoms with Crippen molar-refractivity contribution in [2.45, 2.75) is 45.6 Å². The van der Waals surface area contributed by atoms with Gasteiger partial charge in [-0.1, -0.05) is 0 Å². The van der Waals surface area contributed by atoms with Crippen molar-refractivity contribution in [3.63, 3.8) is 0 Å². The summed E-state index contributed by atoms with van der Waals surface area (Å²) in [7, 11) is 0. The van der Waals surface area contributed by atoms with Crippen molar-refractivity contribution in [1.29, 1.82) is 0 Å². The molecule has 0 spiro atoms. The van der Waals surface area contributed by atoms with Crippen LogP contribution in [-0.2, 0) is 9.53 Å². The maximum absolute atomic E-state index is 13.3. The Kier molecular flexibility index (Phi) is 6.20. The highest BCUT2D eigenvalue weighted by molar-refractivity contribution is 5.69. The molecular weight excluding hydrogens is 304 g/mol. The maximum Gasteiger partial charge on any atom is 0.306 e. The van der Waals surface area contributed by atoms with Gasteiger partial charge in [-0.25, -0.2) is 8.78 Å². The van der Waals surface area contributed by atoms with E-state index in [9.17, 15) is 22.4 Å². The zero-order valence-electron chi connectivity index (χ0n) is 12.6. The van der Waals surface area contributed by atoms with Gasteiger partial charge in [0.15, 0.2) is 17.4 Å². The summed E-state index contributed by atoms with van der Waals surface area (Å²) in [5.41, 5.74) is -0.584. The first-order valence-electron chi connectivity index (χ1n) is 6.79. The van der Waals surface area contributed by atoms with Gasteiger partial charge in [-0.15, -0.1) is 0 Å². The molecule has 0 radical (unpaired) electrons. The minimum Gasteiger partial charge on any atom is -0.487 e. The lowest BCUT2D eigenvalue weighted by Gasteiger charge is -2.19. The minimum atomic E-state index is -1.58. The van der Waals surface area contributed by atoms with Crippen LogP contribution in [0, 0.1) is 23.3 Å². The minimum absolute atomic E-state index is 0.111. The average Bonchev–Trinajstić information content (AvgIpc) is 2.37. The Bertz CT molecular complexity index is 512. The second kappa shape index (κ2) is 7.47. The lowest BCUT2D eigenvalue weighted by molar-refractivity contribution is -0.154. The summed E-state index contributed by atoms with van der Waals surface area (Å²) in [6.07, 6.45) is 0.745. The van der Waals surface area contributed by atoms with Crippen LogP contribution in [0.2, 0.25) is 0 Å². The van der Waals surface area contributed by atoms with Gasteiger partial charge in [-0.05, 0) is 33.6 Å². The van der Waals surface area contributed by atoms with Gasteiger partial charge in [0.2, 0.25) is 11.6 Å². The number of ether oxygens (including phenoxy) is 2.